The number of amides is 1. The zero-order valence-electron chi connectivity index (χ0n) is 12.8. The van der Waals surface area contributed by atoms with Crippen LogP contribution in [0, 0.1) is 10.1 Å². The Hall–Kier alpha value is -2.87. The molecule has 2 aromatic rings. The van der Waals surface area contributed by atoms with Gasteiger partial charge in [0.25, 0.3) is 5.91 Å². The molecule has 126 valence electrons. The second-order valence-corrected chi connectivity index (χ2v) is 5.32. The molecule has 0 aliphatic carbocycles. The van der Waals surface area contributed by atoms with E-state index in [4.69, 9.17) is 13.9 Å². The van der Waals surface area contributed by atoms with Gasteiger partial charge in [-0.25, -0.2) is 0 Å². The number of benzene rings is 1. The zero-order valence-corrected chi connectivity index (χ0v) is 12.8. The molecule has 2 heterocycles. The molecule has 1 atom stereocenters. The summed E-state index contributed by atoms with van der Waals surface area (Å²) in [6.07, 6.45) is 2.20. The van der Waals surface area contributed by atoms with Gasteiger partial charge >= 0.3 is 5.88 Å². The van der Waals surface area contributed by atoms with Gasteiger partial charge in [0.15, 0.2) is 5.76 Å². The minimum absolute atomic E-state index is 0.125. The van der Waals surface area contributed by atoms with Crippen LogP contribution in [0.1, 0.15) is 23.4 Å². The van der Waals surface area contributed by atoms with Crippen molar-refractivity contribution >= 4 is 17.5 Å². The van der Waals surface area contributed by atoms with E-state index in [1.54, 1.807) is 24.3 Å². The molecule has 0 radical (unpaired) electrons. The maximum Gasteiger partial charge on any atom is 0.433 e. The van der Waals surface area contributed by atoms with E-state index in [9.17, 15) is 14.9 Å². The van der Waals surface area contributed by atoms with Crippen LogP contribution >= 0.6 is 0 Å². The van der Waals surface area contributed by atoms with Crippen molar-refractivity contribution in [1.29, 1.82) is 0 Å². The smallest absolute Gasteiger partial charge is 0.433 e. The maximum atomic E-state index is 12.0. The molecule has 0 bridgehead atoms. The van der Waals surface area contributed by atoms with Gasteiger partial charge in [-0.05, 0) is 43.2 Å². The van der Waals surface area contributed by atoms with Gasteiger partial charge in [-0.15, -0.1) is 0 Å². The molecule has 1 unspecified atom stereocenters. The van der Waals surface area contributed by atoms with Crippen molar-refractivity contribution in [2.75, 3.05) is 18.5 Å². The first-order valence-corrected chi connectivity index (χ1v) is 7.52. The van der Waals surface area contributed by atoms with Crippen LogP contribution in [0.25, 0.3) is 0 Å². The van der Waals surface area contributed by atoms with Crippen molar-refractivity contribution in [2.24, 2.45) is 0 Å². The Labute approximate surface area is 137 Å². The summed E-state index contributed by atoms with van der Waals surface area (Å²) in [4.78, 5) is 21.8. The molecule has 1 saturated heterocycles. The number of ether oxygens (including phenoxy) is 2. The first-order chi connectivity index (χ1) is 11.6. The quantitative estimate of drug-likeness (QED) is 0.644. The van der Waals surface area contributed by atoms with Gasteiger partial charge in [-0.2, -0.15) is 0 Å². The lowest BCUT2D eigenvalue weighted by atomic mass is 10.2. The molecule has 1 amide bonds. The molecule has 24 heavy (non-hydrogen) atoms. The standard InChI is InChI=1S/C16H16N2O6/c19-16(14-7-8-15(24-14)18(20)21)17-11-3-5-12(6-4-11)23-10-13-2-1-9-22-13/h3-8,13H,1-2,9-10H2,(H,17,19). The van der Waals surface area contributed by atoms with Crippen LogP contribution in [0.3, 0.4) is 0 Å². The van der Waals surface area contributed by atoms with Crippen molar-refractivity contribution in [1.82, 2.24) is 0 Å². The van der Waals surface area contributed by atoms with E-state index in [0.29, 0.717) is 18.0 Å². The van der Waals surface area contributed by atoms with E-state index in [0.717, 1.165) is 25.5 Å². The second-order valence-electron chi connectivity index (χ2n) is 5.32. The van der Waals surface area contributed by atoms with Gasteiger partial charge in [0.2, 0.25) is 0 Å². The Bertz CT molecular complexity index is 718. The molecule has 8 heteroatoms. The van der Waals surface area contributed by atoms with Crippen molar-refractivity contribution in [2.45, 2.75) is 18.9 Å². The molecule has 3 rings (SSSR count). The molecular formula is C16H16N2O6. The number of furan rings is 1. The number of hydrogen-bond acceptors (Lipinski definition) is 6. The number of nitro groups is 1. The van der Waals surface area contributed by atoms with E-state index in [2.05, 4.69) is 5.32 Å². The number of nitrogens with zero attached hydrogens (tertiary/aromatic N) is 1. The summed E-state index contributed by atoms with van der Waals surface area (Å²) >= 11 is 0. The summed E-state index contributed by atoms with van der Waals surface area (Å²) < 4.78 is 16.0. The van der Waals surface area contributed by atoms with Crippen LogP contribution in [-0.4, -0.2) is 30.1 Å². The molecule has 0 saturated carbocycles. The summed E-state index contributed by atoms with van der Waals surface area (Å²) in [6, 6.07) is 9.22. The molecule has 1 aliphatic heterocycles. The first kappa shape index (κ1) is 16.0. The van der Waals surface area contributed by atoms with Crippen LogP contribution in [0.5, 0.6) is 5.75 Å². The van der Waals surface area contributed by atoms with E-state index >= 15 is 0 Å². The lowest BCUT2D eigenvalue weighted by Gasteiger charge is -2.11. The monoisotopic (exact) mass is 332 g/mol. The molecule has 1 N–H and O–H groups in total. The predicted octanol–water partition coefficient (Wildman–Crippen LogP) is 3.00. The van der Waals surface area contributed by atoms with E-state index in [1.807, 2.05) is 0 Å². The van der Waals surface area contributed by atoms with Crippen molar-refractivity contribution < 1.29 is 23.6 Å². The molecule has 1 aromatic carbocycles. The molecule has 0 spiro atoms. The van der Waals surface area contributed by atoms with E-state index in [1.165, 1.54) is 6.07 Å². The number of rotatable bonds is 6. The number of carbonyl (C=O) groups excluding carboxylic acids is 1. The van der Waals surface area contributed by atoms with Gasteiger partial charge in [0.1, 0.15) is 17.3 Å². The summed E-state index contributed by atoms with van der Waals surface area (Å²) in [7, 11) is 0. The number of nitrogens with one attached hydrogen (secondary N) is 1. The minimum Gasteiger partial charge on any atom is -0.491 e. The van der Waals surface area contributed by atoms with Gasteiger partial charge in [0, 0.05) is 12.3 Å². The third-order valence-electron chi connectivity index (χ3n) is 3.57. The summed E-state index contributed by atoms with van der Waals surface area (Å²) in [6.45, 7) is 1.28. The number of hydrogen-bond donors (Lipinski definition) is 1. The Balaban J connectivity index is 1.54. The average Bonchev–Trinajstić information content (AvgIpc) is 3.26. The van der Waals surface area contributed by atoms with E-state index in [-0.39, 0.29) is 11.9 Å². The third kappa shape index (κ3) is 3.90. The molecule has 1 fully saturated rings. The summed E-state index contributed by atoms with van der Waals surface area (Å²) in [5.74, 6) is -0.480. The molecule has 1 aliphatic rings. The summed E-state index contributed by atoms with van der Waals surface area (Å²) in [5, 5.41) is 13.1. The SMILES string of the molecule is O=C(Nc1ccc(OCC2CCCO2)cc1)c1ccc([N+](=O)[O-])o1. The van der Waals surface area contributed by atoms with Crippen LogP contribution in [0.15, 0.2) is 40.8 Å². The van der Waals surface area contributed by atoms with E-state index < -0.39 is 16.7 Å². The highest BCUT2D eigenvalue weighted by Gasteiger charge is 2.18. The largest absolute Gasteiger partial charge is 0.491 e. The highest BCUT2D eigenvalue weighted by Crippen LogP contribution is 2.20. The van der Waals surface area contributed by atoms with Crippen LogP contribution in [0.2, 0.25) is 0 Å². The third-order valence-corrected chi connectivity index (χ3v) is 3.57. The lowest BCUT2D eigenvalue weighted by Crippen LogP contribution is -2.16. The van der Waals surface area contributed by atoms with Gasteiger partial charge in [-0.3, -0.25) is 14.9 Å². The Morgan fingerprint density at radius 3 is 2.71 bits per heavy atom. The fraction of sp³-hybridized carbons (Fsp3) is 0.312. The Morgan fingerprint density at radius 2 is 2.08 bits per heavy atom. The van der Waals surface area contributed by atoms with Crippen LogP contribution in [0.4, 0.5) is 11.6 Å². The average molecular weight is 332 g/mol. The fourth-order valence-electron chi connectivity index (χ4n) is 2.34. The van der Waals surface area contributed by atoms with Gasteiger partial charge < -0.3 is 19.2 Å². The minimum atomic E-state index is -0.697. The lowest BCUT2D eigenvalue weighted by molar-refractivity contribution is -0.402. The van der Waals surface area contributed by atoms with Crippen molar-refractivity contribution in [3.05, 3.63) is 52.3 Å². The Morgan fingerprint density at radius 1 is 1.29 bits per heavy atom. The van der Waals surface area contributed by atoms with Gasteiger partial charge in [0.05, 0.1) is 12.2 Å². The number of anilines is 1. The summed E-state index contributed by atoms with van der Waals surface area (Å²) in [5.41, 5.74) is 0.531. The number of carbonyl (C=O) groups is 1. The van der Waals surface area contributed by atoms with Crippen LogP contribution in [-0.2, 0) is 4.74 Å². The predicted molar refractivity (Wildman–Crippen MR) is 84.2 cm³/mol. The molecule has 1 aromatic heterocycles. The first-order valence-electron chi connectivity index (χ1n) is 7.52. The molecule has 8 nitrogen and oxygen atoms in total. The normalized spacial score (nSPS) is 16.8. The van der Waals surface area contributed by atoms with Crippen molar-refractivity contribution in [3.8, 4) is 5.75 Å². The fourth-order valence-corrected chi connectivity index (χ4v) is 2.34. The Kier molecular flexibility index (Phi) is 4.76. The molecular weight excluding hydrogens is 316 g/mol. The van der Waals surface area contributed by atoms with Gasteiger partial charge in [-0.1, -0.05) is 0 Å². The van der Waals surface area contributed by atoms with Crippen molar-refractivity contribution in [3.63, 3.8) is 0 Å². The highest BCUT2D eigenvalue weighted by molar-refractivity contribution is 6.02. The highest BCUT2D eigenvalue weighted by atomic mass is 16.6. The van der Waals surface area contributed by atoms with Crippen LogP contribution < -0.4 is 10.1 Å². The second kappa shape index (κ2) is 7.14. The topological polar surface area (TPSA) is 104 Å². The zero-order chi connectivity index (χ0) is 16.9. The maximum absolute atomic E-state index is 12.0.